The van der Waals surface area contributed by atoms with Crippen molar-refractivity contribution in [2.75, 3.05) is 13.2 Å². The molecule has 2 heterocycles. The van der Waals surface area contributed by atoms with Crippen LogP contribution in [0.25, 0.3) is 0 Å². The highest BCUT2D eigenvalue weighted by Crippen LogP contribution is 2.32. The number of amides is 2. The lowest BCUT2D eigenvalue weighted by molar-refractivity contribution is -0.133. The Morgan fingerprint density at radius 2 is 2.00 bits per heavy atom. The van der Waals surface area contributed by atoms with Crippen LogP contribution in [0.1, 0.15) is 34.2 Å². The third-order valence-electron chi connectivity index (χ3n) is 4.90. The van der Waals surface area contributed by atoms with Gasteiger partial charge >= 0.3 is 6.09 Å². The van der Waals surface area contributed by atoms with E-state index in [2.05, 4.69) is 19.1 Å². The summed E-state index contributed by atoms with van der Waals surface area (Å²) in [7, 11) is 0. The highest BCUT2D eigenvalue weighted by atomic mass is 32.1. The molecule has 2 aliphatic rings. The van der Waals surface area contributed by atoms with E-state index in [1.807, 2.05) is 35.2 Å². The van der Waals surface area contributed by atoms with E-state index >= 15 is 0 Å². The molecule has 0 N–H and O–H groups in total. The van der Waals surface area contributed by atoms with Gasteiger partial charge in [-0.15, -0.1) is 11.3 Å². The molecule has 1 aromatic carbocycles. The summed E-state index contributed by atoms with van der Waals surface area (Å²) in [5.41, 5.74) is 0.998. The highest BCUT2D eigenvalue weighted by Gasteiger charge is 2.39. The summed E-state index contributed by atoms with van der Waals surface area (Å²) in [5.74, 6) is -0.00154. The second-order valence-electron chi connectivity index (χ2n) is 6.90. The van der Waals surface area contributed by atoms with E-state index < -0.39 is 6.09 Å². The Kier molecular flexibility index (Phi) is 4.68. The maximum Gasteiger partial charge on any atom is 0.410 e. The number of ether oxygens (including phenoxy) is 1. The van der Waals surface area contributed by atoms with Crippen molar-refractivity contribution >= 4 is 23.3 Å². The second-order valence-corrected chi connectivity index (χ2v) is 8.27. The molecule has 0 bridgehead atoms. The van der Waals surface area contributed by atoms with Gasteiger partial charge < -0.3 is 9.64 Å². The van der Waals surface area contributed by atoms with Gasteiger partial charge in [0.2, 0.25) is 5.91 Å². The van der Waals surface area contributed by atoms with Crippen LogP contribution in [0.15, 0.2) is 42.5 Å². The number of hydrogen-bond acceptors (Lipinski definition) is 4. The molecule has 1 saturated heterocycles. The summed E-state index contributed by atoms with van der Waals surface area (Å²) in [4.78, 5) is 31.1. The van der Waals surface area contributed by atoms with Crippen LogP contribution in [0.2, 0.25) is 0 Å². The molecule has 0 radical (unpaired) electrons. The number of benzene rings is 1. The van der Waals surface area contributed by atoms with Crippen LogP contribution in [0.4, 0.5) is 4.79 Å². The summed E-state index contributed by atoms with van der Waals surface area (Å²) >= 11 is 1.72. The van der Waals surface area contributed by atoms with Crippen LogP contribution >= 0.6 is 11.3 Å². The molecular formula is C20H22N2O3S. The number of cyclic esters (lactones) is 1. The number of aryl methyl sites for hydroxylation is 1. The van der Waals surface area contributed by atoms with Crippen molar-refractivity contribution in [1.82, 2.24) is 9.80 Å². The molecular weight excluding hydrogens is 348 g/mol. The Hall–Kier alpha value is -2.34. The van der Waals surface area contributed by atoms with E-state index in [-0.39, 0.29) is 18.5 Å². The molecule has 0 spiro atoms. The topological polar surface area (TPSA) is 49.9 Å². The minimum atomic E-state index is -0.407. The Morgan fingerprint density at radius 3 is 2.65 bits per heavy atom. The zero-order chi connectivity index (χ0) is 18.1. The van der Waals surface area contributed by atoms with Gasteiger partial charge in [0.25, 0.3) is 0 Å². The average Bonchev–Trinajstić information content (AvgIpc) is 3.31. The molecule has 4 rings (SSSR count). The molecule has 1 aliphatic heterocycles. The fourth-order valence-corrected chi connectivity index (χ4v) is 4.25. The van der Waals surface area contributed by atoms with Crippen LogP contribution in [0.5, 0.6) is 0 Å². The van der Waals surface area contributed by atoms with Gasteiger partial charge in [-0.25, -0.2) is 4.79 Å². The fourth-order valence-electron chi connectivity index (χ4n) is 3.36. The normalized spacial score (nSPS) is 19.5. The Labute approximate surface area is 157 Å². The van der Waals surface area contributed by atoms with E-state index in [0.717, 1.165) is 18.4 Å². The van der Waals surface area contributed by atoms with Gasteiger partial charge in [-0.1, -0.05) is 30.3 Å². The monoisotopic (exact) mass is 370 g/mol. The molecule has 136 valence electrons. The van der Waals surface area contributed by atoms with Gasteiger partial charge in [-0.05, 0) is 37.5 Å². The molecule has 1 aliphatic carbocycles. The highest BCUT2D eigenvalue weighted by molar-refractivity contribution is 7.11. The predicted molar refractivity (Wildman–Crippen MR) is 99.9 cm³/mol. The quantitative estimate of drug-likeness (QED) is 0.778. The lowest BCUT2D eigenvalue weighted by Gasteiger charge is -2.27. The fraction of sp³-hybridized carbons (Fsp3) is 0.400. The van der Waals surface area contributed by atoms with E-state index in [4.69, 9.17) is 4.74 Å². The molecule has 1 aromatic heterocycles. The van der Waals surface area contributed by atoms with Crippen molar-refractivity contribution in [3.05, 3.63) is 57.8 Å². The van der Waals surface area contributed by atoms with Crippen molar-refractivity contribution in [2.24, 2.45) is 0 Å². The lowest BCUT2D eigenvalue weighted by Crippen LogP contribution is -2.42. The number of nitrogens with zero attached hydrogens (tertiary/aromatic N) is 2. The summed E-state index contributed by atoms with van der Waals surface area (Å²) in [6.07, 6.45) is 1.68. The number of carbonyl (C=O) groups is 2. The van der Waals surface area contributed by atoms with Crippen LogP contribution in [0, 0.1) is 6.92 Å². The molecule has 0 unspecified atom stereocenters. The van der Waals surface area contributed by atoms with Crippen molar-refractivity contribution in [3.63, 3.8) is 0 Å². The standard InChI is InChI=1S/C20H22N2O3S/c1-14-7-10-17(26-14)11-21(16-8-9-16)19(23)12-22-18(13-25-20(22)24)15-5-3-2-4-6-15/h2-7,10,16,18H,8-9,11-13H2,1H3/t18-/m1/s1. The van der Waals surface area contributed by atoms with Crippen LogP contribution in [0.3, 0.4) is 0 Å². The van der Waals surface area contributed by atoms with Crippen LogP contribution < -0.4 is 0 Å². The molecule has 6 heteroatoms. The second kappa shape index (κ2) is 7.11. The van der Waals surface area contributed by atoms with E-state index in [9.17, 15) is 9.59 Å². The third-order valence-corrected chi connectivity index (χ3v) is 5.88. The first-order valence-corrected chi connectivity index (χ1v) is 9.76. The number of thiophene rings is 1. The molecule has 26 heavy (non-hydrogen) atoms. The molecule has 2 aromatic rings. The number of carbonyl (C=O) groups excluding carboxylic acids is 2. The molecule has 5 nitrogen and oxygen atoms in total. The van der Waals surface area contributed by atoms with Gasteiger partial charge in [-0.3, -0.25) is 9.69 Å². The first-order valence-electron chi connectivity index (χ1n) is 8.95. The number of hydrogen-bond donors (Lipinski definition) is 0. The van der Waals surface area contributed by atoms with Crippen molar-refractivity contribution in [2.45, 2.75) is 38.4 Å². The lowest BCUT2D eigenvalue weighted by atomic mass is 10.1. The van der Waals surface area contributed by atoms with E-state index in [0.29, 0.717) is 19.2 Å². The molecule has 2 amide bonds. The summed E-state index contributed by atoms with van der Waals surface area (Å²) in [6.45, 7) is 3.06. The third kappa shape index (κ3) is 3.60. The Balaban J connectivity index is 1.48. The van der Waals surface area contributed by atoms with Crippen molar-refractivity contribution in [3.8, 4) is 0 Å². The summed E-state index contributed by atoms with van der Waals surface area (Å²) < 4.78 is 5.23. The smallest absolute Gasteiger partial charge is 0.410 e. The zero-order valence-corrected chi connectivity index (χ0v) is 15.6. The van der Waals surface area contributed by atoms with E-state index in [1.165, 1.54) is 9.75 Å². The number of rotatable bonds is 6. The van der Waals surface area contributed by atoms with Crippen LogP contribution in [-0.2, 0) is 16.1 Å². The predicted octanol–water partition coefficient (Wildman–Crippen LogP) is 3.74. The van der Waals surface area contributed by atoms with E-state index in [1.54, 1.807) is 16.2 Å². The molecule has 1 atom stereocenters. The zero-order valence-electron chi connectivity index (χ0n) is 14.8. The van der Waals surface area contributed by atoms with Crippen LogP contribution in [-0.4, -0.2) is 41.0 Å². The van der Waals surface area contributed by atoms with Gasteiger partial charge in [0.1, 0.15) is 13.2 Å². The largest absolute Gasteiger partial charge is 0.447 e. The summed E-state index contributed by atoms with van der Waals surface area (Å²) in [6, 6.07) is 14.0. The average molecular weight is 370 g/mol. The van der Waals surface area contributed by atoms with Gasteiger partial charge in [0.15, 0.2) is 0 Å². The Bertz CT molecular complexity index is 800. The maximum absolute atomic E-state index is 13.0. The van der Waals surface area contributed by atoms with Gasteiger partial charge in [0, 0.05) is 15.8 Å². The first-order chi connectivity index (χ1) is 12.6. The summed E-state index contributed by atoms with van der Waals surface area (Å²) in [5, 5.41) is 0. The Morgan fingerprint density at radius 1 is 1.23 bits per heavy atom. The minimum absolute atomic E-state index is 0.00154. The van der Waals surface area contributed by atoms with Gasteiger partial charge in [-0.2, -0.15) is 0 Å². The van der Waals surface area contributed by atoms with Crippen molar-refractivity contribution in [1.29, 1.82) is 0 Å². The molecule has 2 fully saturated rings. The van der Waals surface area contributed by atoms with Crippen molar-refractivity contribution < 1.29 is 14.3 Å². The first kappa shape index (κ1) is 17.1. The molecule has 1 saturated carbocycles. The minimum Gasteiger partial charge on any atom is -0.447 e. The maximum atomic E-state index is 13.0. The van der Waals surface area contributed by atoms with Gasteiger partial charge in [0.05, 0.1) is 12.6 Å². The SMILES string of the molecule is Cc1ccc(CN(C(=O)CN2C(=O)OC[C@@H]2c2ccccc2)C2CC2)s1.